The molecule has 2 nitrogen and oxygen atoms in total. The van der Waals surface area contributed by atoms with E-state index < -0.39 is 0 Å². The third-order valence-electron chi connectivity index (χ3n) is 2.76. The quantitative estimate of drug-likeness (QED) is 0.633. The van der Waals surface area contributed by atoms with Gasteiger partial charge in [-0.2, -0.15) is 0 Å². The second-order valence-electron chi connectivity index (χ2n) is 4.37. The summed E-state index contributed by atoms with van der Waals surface area (Å²) in [7, 11) is 0. The van der Waals surface area contributed by atoms with Crippen molar-refractivity contribution in [3.05, 3.63) is 53.5 Å². The van der Waals surface area contributed by atoms with Gasteiger partial charge < -0.3 is 9.73 Å². The number of rotatable bonds is 6. The lowest BCUT2D eigenvalue weighted by Gasteiger charge is -2.07. The van der Waals surface area contributed by atoms with Crippen LogP contribution in [0.3, 0.4) is 0 Å². The van der Waals surface area contributed by atoms with Crippen LogP contribution < -0.4 is 5.32 Å². The van der Waals surface area contributed by atoms with Crippen molar-refractivity contribution in [2.24, 2.45) is 0 Å². The van der Waals surface area contributed by atoms with E-state index in [1.807, 2.05) is 23.9 Å². The minimum Gasteiger partial charge on any atom is -0.468 e. The maximum atomic E-state index is 5.26. The maximum Gasteiger partial charge on any atom is 0.117 e. The zero-order chi connectivity index (χ0) is 12.8. The summed E-state index contributed by atoms with van der Waals surface area (Å²) in [5.41, 5.74) is 2.68. The van der Waals surface area contributed by atoms with E-state index in [1.54, 1.807) is 6.26 Å². The molecule has 3 heteroatoms. The highest BCUT2D eigenvalue weighted by molar-refractivity contribution is 7.99. The van der Waals surface area contributed by atoms with Gasteiger partial charge in [-0.15, -0.1) is 11.8 Å². The molecule has 0 saturated carbocycles. The largest absolute Gasteiger partial charge is 0.468 e. The highest BCUT2D eigenvalue weighted by atomic mass is 32.2. The third-order valence-corrected chi connectivity index (χ3v) is 3.92. The fourth-order valence-corrected chi connectivity index (χ4v) is 2.75. The van der Waals surface area contributed by atoms with Crippen molar-refractivity contribution in [2.45, 2.75) is 25.3 Å². The lowest BCUT2D eigenvalue weighted by molar-refractivity contribution is 0.488. The monoisotopic (exact) mass is 261 g/mol. The lowest BCUT2D eigenvalue weighted by Crippen LogP contribution is -2.16. The van der Waals surface area contributed by atoms with Crippen molar-refractivity contribution >= 4 is 11.8 Å². The first kappa shape index (κ1) is 13.2. The average Bonchev–Trinajstić information content (AvgIpc) is 2.86. The molecule has 0 fully saturated rings. The molecular formula is C15H19NOS. The highest BCUT2D eigenvalue weighted by Gasteiger charge is 2.00. The van der Waals surface area contributed by atoms with Crippen molar-refractivity contribution in [1.82, 2.24) is 5.32 Å². The van der Waals surface area contributed by atoms with Gasteiger partial charge in [-0.3, -0.25) is 0 Å². The summed E-state index contributed by atoms with van der Waals surface area (Å²) in [5.74, 6) is 2.07. The molecule has 96 valence electrons. The molecule has 1 aromatic heterocycles. The molecule has 0 aliphatic carbocycles. The van der Waals surface area contributed by atoms with Crippen LogP contribution in [0.15, 0.2) is 45.9 Å². The predicted molar refractivity (Wildman–Crippen MR) is 77.1 cm³/mol. The van der Waals surface area contributed by atoms with E-state index in [2.05, 4.69) is 37.4 Å². The van der Waals surface area contributed by atoms with E-state index in [0.29, 0.717) is 0 Å². The van der Waals surface area contributed by atoms with Crippen molar-refractivity contribution < 1.29 is 4.42 Å². The second kappa shape index (κ2) is 6.66. The van der Waals surface area contributed by atoms with Crippen LogP contribution >= 0.6 is 11.8 Å². The predicted octanol–water partition coefficient (Wildman–Crippen LogP) is 3.78. The smallest absolute Gasteiger partial charge is 0.117 e. The van der Waals surface area contributed by atoms with Gasteiger partial charge in [0.05, 0.1) is 12.8 Å². The van der Waals surface area contributed by atoms with Crippen LogP contribution in [0.25, 0.3) is 0 Å². The Labute approximate surface area is 113 Å². The number of hydrogen-bond donors (Lipinski definition) is 1. The van der Waals surface area contributed by atoms with E-state index in [9.17, 15) is 0 Å². The molecule has 0 atom stereocenters. The summed E-state index contributed by atoms with van der Waals surface area (Å²) in [6.07, 6.45) is 1.71. The normalized spacial score (nSPS) is 10.8. The number of hydrogen-bond acceptors (Lipinski definition) is 3. The highest BCUT2D eigenvalue weighted by Crippen LogP contribution is 2.22. The Morgan fingerprint density at radius 2 is 2.11 bits per heavy atom. The van der Waals surface area contributed by atoms with Crippen LogP contribution in [0.1, 0.15) is 16.9 Å². The van der Waals surface area contributed by atoms with Gasteiger partial charge in [0.15, 0.2) is 0 Å². The Morgan fingerprint density at radius 3 is 2.89 bits per heavy atom. The molecule has 1 heterocycles. The van der Waals surface area contributed by atoms with E-state index >= 15 is 0 Å². The Balaban J connectivity index is 1.70. The van der Waals surface area contributed by atoms with Crippen LogP contribution in [-0.2, 0) is 6.54 Å². The molecule has 1 aromatic carbocycles. The van der Waals surface area contributed by atoms with Crippen LogP contribution in [-0.4, -0.2) is 12.3 Å². The molecule has 0 aliphatic heterocycles. The van der Waals surface area contributed by atoms with Crippen molar-refractivity contribution in [1.29, 1.82) is 0 Å². The van der Waals surface area contributed by atoms with E-state index in [-0.39, 0.29) is 0 Å². The number of thioether (sulfide) groups is 1. The molecule has 0 aliphatic rings. The Hall–Kier alpha value is -1.19. The number of aryl methyl sites for hydroxylation is 2. The van der Waals surface area contributed by atoms with Crippen LogP contribution in [0.2, 0.25) is 0 Å². The zero-order valence-corrected chi connectivity index (χ0v) is 11.7. The molecule has 1 N–H and O–H groups in total. The minimum atomic E-state index is 0.806. The van der Waals surface area contributed by atoms with Gasteiger partial charge >= 0.3 is 0 Å². The van der Waals surface area contributed by atoms with Gasteiger partial charge in [-0.1, -0.05) is 17.7 Å². The minimum absolute atomic E-state index is 0.806. The summed E-state index contributed by atoms with van der Waals surface area (Å²) in [6.45, 7) is 6.09. The summed E-state index contributed by atoms with van der Waals surface area (Å²) >= 11 is 1.91. The second-order valence-corrected chi connectivity index (χ2v) is 5.51. The van der Waals surface area contributed by atoms with Gasteiger partial charge in [0, 0.05) is 17.2 Å². The molecule has 0 saturated heterocycles. The van der Waals surface area contributed by atoms with E-state index in [0.717, 1.165) is 24.6 Å². The van der Waals surface area contributed by atoms with Gasteiger partial charge in [-0.05, 0) is 37.6 Å². The first-order valence-corrected chi connectivity index (χ1v) is 7.17. The van der Waals surface area contributed by atoms with Crippen molar-refractivity contribution in [3.8, 4) is 0 Å². The van der Waals surface area contributed by atoms with Gasteiger partial charge in [0.1, 0.15) is 5.76 Å². The average molecular weight is 261 g/mol. The molecule has 0 amide bonds. The summed E-state index contributed by atoms with van der Waals surface area (Å²) in [5, 5.41) is 3.38. The van der Waals surface area contributed by atoms with Crippen molar-refractivity contribution in [2.75, 3.05) is 12.3 Å². The first-order chi connectivity index (χ1) is 8.75. The van der Waals surface area contributed by atoms with E-state index in [1.165, 1.54) is 16.0 Å². The zero-order valence-electron chi connectivity index (χ0n) is 10.9. The van der Waals surface area contributed by atoms with Crippen LogP contribution in [0.5, 0.6) is 0 Å². The van der Waals surface area contributed by atoms with Crippen LogP contribution in [0.4, 0.5) is 0 Å². The Morgan fingerprint density at radius 1 is 1.22 bits per heavy atom. The van der Waals surface area contributed by atoms with Gasteiger partial charge in [0.25, 0.3) is 0 Å². The summed E-state index contributed by atoms with van der Waals surface area (Å²) < 4.78 is 5.26. The number of furan rings is 1. The molecule has 0 spiro atoms. The maximum absolute atomic E-state index is 5.26. The number of benzene rings is 1. The molecule has 0 bridgehead atoms. The SMILES string of the molecule is Cc1ccc(C)c(SCCNCc2ccco2)c1. The molecule has 18 heavy (non-hydrogen) atoms. The third kappa shape index (κ3) is 3.93. The number of nitrogens with one attached hydrogen (secondary N) is 1. The topological polar surface area (TPSA) is 25.2 Å². The molecule has 0 radical (unpaired) electrons. The molecule has 2 rings (SSSR count). The lowest BCUT2D eigenvalue weighted by atomic mass is 10.2. The summed E-state index contributed by atoms with van der Waals surface area (Å²) in [6, 6.07) is 10.5. The summed E-state index contributed by atoms with van der Waals surface area (Å²) in [4.78, 5) is 1.38. The molecule has 2 aromatic rings. The van der Waals surface area contributed by atoms with Crippen LogP contribution in [0, 0.1) is 13.8 Å². The van der Waals surface area contributed by atoms with Gasteiger partial charge in [0.2, 0.25) is 0 Å². The fourth-order valence-electron chi connectivity index (χ4n) is 1.72. The first-order valence-electron chi connectivity index (χ1n) is 6.19. The van der Waals surface area contributed by atoms with Gasteiger partial charge in [-0.25, -0.2) is 0 Å². The standard InChI is InChI=1S/C15H19NOS/c1-12-5-6-13(2)15(10-12)18-9-7-16-11-14-4-3-8-17-14/h3-6,8,10,16H,7,9,11H2,1-2H3. The van der Waals surface area contributed by atoms with Crippen molar-refractivity contribution in [3.63, 3.8) is 0 Å². The molecule has 0 unspecified atom stereocenters. The Kier molecular flexibility index (Phi) is 4.90. The fraction of sp³-hybridized carbons (Fsp3) is 0.333. The van der Waals surface area contributed by atoms with E-state index in [4.69, 9.17) is 4.42 Å². The Bertz CT molecular complexity index is 479. The molecular weight excluding hydrogens is 242 g/mol.